The van der Waals surface area contributed by atoms with Crippen molar-refractivity contribution in [2.24, 2.45) is 0 Å². The van der Waals surface area contributed by atoms with Crippen molar-refractivity contribution in [3.8, 4) is 17.0 Å². The minimum atomic E-state index is -0.239. The molecule has 0 saturated carbocycles. The fraction of sp³-hybridized carbons (Fsp3) is 0.111. The molecule has 0 saturated heterocycles. The van der Waals surface area contributed by atoms with Crippen molar-refractivity contribution in [1.29, 1.82) is 0 Å². The van der Waals surface area contributed by atoms with E-state index in [2.05, 4.69) is 10.3 Å². The topological polar surface area (TPSA) is 51.2 Å². The van der Waals surface area contributed by atoms with E-state index >= 15 is 0 Å². The van der Waals surface area contributed by atoms with Gasteiger partial charge in [0.1, 0.15) is 5.75 Å². The van der Waals surface area contributed by atoms with E-state index < -0.39 is 0 Å². The normalized spacial score (nSPS) is 10.4. The van der Waals surface area contributed by atoms with Gasteiger partial charge >= 0.3 is 0 Å². The van der Waals surface area contributed by atoms with Gasteiger partial charge in [-0.25, -0.2) is 4.98 Å². The lowest BCUT2D eigenvalue weighted by Gasteiger charge is -2.07. The number of aromatic nitrogens is 1. The van der Waals surface area contributed by atoms with Gasteiger partial charge < -0.3 is 4.74 Å². The minimum absolute atomic E-state index is 0.239. The van der Waals surface area contributed by atoms with Crippen molar-refractivity contribution in [1.82, 2.24) is 4.98 Å². The lowest BCUT2D eigenvalue weighted by molar-refractivity contribution is 0.102. The molecule has 0 atom stereocenters. The maximum Gasteiger partial charge on any atom is 0.257 e. The van der Waals surface area contributed by atoms with E-state index in [1.54, 1.807) is 24.3 Å². The molecule has 4 nitrogen and oxygen atoms in total. The number of nitrogens with zero attached hydrogens (tertiary/aromatic N) is 1. The van der Waals surface area contributed by atoms with Gasteiger partial charge in [-0.15, -0.1) is 11.3 Å². The smallest absolute Gasteiger partial charge is 0.257 e. The summed E-state index contributed by atoms with van der Waals surface area (Å²) in [5, 5.41) is 5.74. The quantitative estimate of drug-likeness (QED) is 0.689. The monoisotopic (exact) mass is 358 g/mol. The molecule has 0 aliphatic carbocycles. The molecule has 3 rings (SSSR count). The molecule has 1 amide bonds. The first kappa shape index (κ1) is 16.5. The third-order valence-corrected chi connectivity index (χ3v) is 4.27. The molecule has 0 bridgehead atoms. The van der Waals surface area contributed by atoms with Gasteiger partial charge in [0, 0.05) is 21.5 Å². The standard InChI is InChI=1S/C18H15ClN2O2S/c1-2-23-16-9-4-3-8-14(16)15-11-24-18(20-15)21-17(22)12-6-5-7-13(19)10-12/h3-11H,2H2,1H3,(H,20,21,22). The average Bonchev–Trinajstić information content (AvgIpc) is 3.04. The Kier molecular flexibility index (Phi) is 5.13. The summed E-state index contributed by atoms with van der Waals surface area (Å²) in [6.45, 7) is 2.52. The van der Waals surface area contributed by atoms with Crippen molar-refractivity contribution < 1.29 is 9.53 Å². The highest BCUT2D eigenvalue weighted by molar-refractivity contribution is 7.14. The molecule has 1 aromatic heterocycles. The Balaban J connectivity index is 1.80. The highest BCUT2D eigenvalue weighted by Gasteiger charge is 2.12. The van der Waals surface area contributed by atoms with Crippen LogP contribution in [0.5, 0.6) is 5.75 Å². The number of thiazole rings is 1. The van der Waals surface area contributed by atoms with E-state index in [4.69, 9.17) is 16.3 Å². The van der Waals surface area contributed by atoms with E-state index in [1.807, 2.05) is 36.6 Å². The van der Waals surface area contributed by atoms with Crippen molar-refractivity contribution in [3.63, 3.8) is 0 Å². The SMILES string of the molecule is CCOc1ccccc1-c1csc(NC(=O)c2cccc(Cl)c2)n1. The van der Waals surface area contributed by atoms with E-state index in [0.717, 1.165) is 17.0 Å². The molecule has 0 spiro atoms. The van der Waals surface area contributed by atoms with Crippen LogP contribution in [-0.4, -0.2) is 17.5 Å². The second kappa shape index (κ2) is 7.47. The molecule has 1 heterocycles. The highest BCUT2D eigenvalue weighted by Crippen LogP contribution is 2.32. The van der Waals surface area contributed by atoms with Crippen LogP contribution in [0.2, 0.25) is 5.02 Å². The van der Waals surface area contributed by atoms with Gasteiger partial charge in [-0.3, -0.25) is 10.1 Å². The summed E-state index contributed by atoms with van der Waals surface area (Å²) in [7, 11) is 0. The number of para-hydroxylation sites is 1. The zero-order valence-corrected chi connectivity index (χ0v) is 14.5. The summed E-state index contributed by atoms with van der Waals surface area (Å²) in [5.41, 5.74) is 2.17. The second-order valence-corrected chi connectivity index (χ2v) is 6.23. The lowest BCUT2D eigenvalue weighted by atomic mass is 10.1. The molecule has 3 aromatic rings. The van der Waals surface area contributed by atoms with E-state index in [1.165, 1.54) is 11.3 Å². The minimum Gasteiger partial charge on any atom is -0.493 e. The van der Waals surface area contributed by atoms with Gasteiger partial charge in [0.15, 0.2) is 5.13 Å². The zero-order valence-electron chi connectivity index (χ0n) is 13.0. The molecule has 2 aromatic carbocycles. The summed E-state index contributed by atoms with van der Waals surface area (Å²) in [4.78, 5) is 16.7. The molecule has 1 N–H and O–H groups in total. The number of rotatable bonds is 5. The van der Waals surface area contributed by atoms with Crippen molar-refractivity contribution in [3.05, 3.63) is 64.5 Å². The maximum absolute atomic E-state index is 12.3. The van der Waals surface area contributed by atoms with Crippen molar-refractivity contribution in [2.45, 2.75) is 6.92 Å². The zero-order chi connectivity index (χ0) is 16.9. The van der Waals surface area contributed by atoms with Gasteiger partial charge in [0.25, 0.3) is 5.91 Å². The number of amides is 1. The molecule has 0 aliphatic rings. The van der Waals surface area contributed by atoms with Gasteiger partial charge in [-0.05, 0) is 37.3 Å². The number of anilines is 1. The first-order valence-electron chi connectivity index (χ1n) is 7.42. The van der Waals surface area contributed by atoms with Crippen LogP contribution in [0.1, 0.15) is 17.3 Å². The molecular formula is C18H15ClN2O2S. The number of nitrogens with one attached hydrogen (secondary N) is 1. The maximum atomic E-state index is 12.3. The molecule has 0 fully saturated rings. The number of hydrogen-bond donors (Lipinski definition) is 1. The van der Waals surface area contributed by atoms with Gasteiger partial charge in [0.05, 0.1) is 12.3 Å². The molecular weight excluding hydrogens is 344 g/mol. The number of hydrogen-bond acceptors (Lipinski definition) is 4. The average molecular weight is 359 g/mol. The highest BCUT2D eigenvalue weighted by atomic mass is 35.5. The number of ether oxygens (including phenoxy) is 1. The van der Waals surface area contributed by atoms with Gasteiger partial charge in [-0.1, -0.05) is 29.8 Å². The Labute approximate surface area is 149 Å². The number of carbonyl (C=O) groups excluding carboxylic acids is 1. The van der Waals surface area contributed by atoms with Crippen LogP contribution in [0, 0.1) is 0 Å². The first-order valence-corrected chi connectivity index (χ1v) is 8.68. The molecule has 24 heavy (non-hydrogen) atoms. The van der Waals surface area contributed by atoms with Crippen LogP contribution in [-0.2, 0) is 0 Å². The largest absolute Gasteiger partial charge is 0.493 e. The molecule has 122 valence electrons. The molecule has 0 aliphatic heterocycles. The first-order chi connectivity index (χ1) is 11.7. The van der Waals surface area contributed by atoms with Crippen LogP contribution in [0.3, 0.4) is 0 Å². The van der Waals surface area contributed by atoms with E-state index in [-0.39, 0.29) is 5.91 Å². The second-order valence-electron chi connectivity index (χ2n) is 4.93. The molecule has 0 unspecified atom stereocenters. The number of benzene rings is 2. The summed E-state index contributed by atoms with van der Waals surface area (Å²) >= 11 is 7.28. The van der Waals surface area contributed by atoms with Gasteiger partial charge in [-0.2, -0.15) is 0 Å². The Bertz CT molecular complexity index is 863. The number of halogens is 1. The summed E-state index contributed by atoms with van der Waals surface area (Å²) in [5.74, 6) is 0.537. The van der Waals surface area contributed by atoms with E-state index in [0.29, 0.717) is 22.3 Å². The Hall–Kier alpha value is -2.37. The van der Waals surface area contributed by atoms with Crippen molar-refractivity contribution >= 4 is 34.0 Å². The van der Waals surface area contributed by atoms with Crippen LogP contribution in [0.25, 0.3) is 11.3 Å². The molecule has 0 radical (unpaired) electrons. The van der Waals surface area contributed by atoms with E-state index in [9.17, 15) is 4.79 Å². The molecule has 6 heteroatoms. The summed E-state index contributed by atoms with van der Waals surface area (Å²) in [6.07, 6.45) is 0. The Morgan fingerprint density at radius 3 is 2.88 bits per heavy atom. The van der Waals surface area contributed by atoms with Crippen LogP contribution in [0.15, 0.2) is 53.9 Å². The van der Waals surface area contributed by atoms with Crippen LogP contribution < -0.4 is 10.1 Å². The third kappa shape index (κ3) is 3.75. The fourth-order valence-corrected chi connectivity index (χ4v) is 3.11. The summed E-state index contributed by atoms with van der Waals surface area (Å²) in [6, 6.07) is 14.5. The predicted octanol–water partition coefficient (Wildman–Crippen LogP) is 5.11. The lowest BCUT2D eigenvalue weighted by Crippen LogP contribution is -2.11. The third-order valence-electron chi connectivity index (χ3n) is 3.27. The predicted molar refractivity (Wildman–Crippen MR) is 98.1 cm³/mol. The number of carbonyl (C=O) groups is 1. The summed E-state index contributed by atoms with van der Waals surface area (Å²) < 4.78 is 5.63. The fourth-order valence-electron chi connectivity index (χ4n) is 2.21. The van der Waals surface area contributed by atoms with Crippen LogP contribution in [0.4, 0.5) is 5.13 Å². The van der Waals surface area contributed by atoms with Crippen molar-refractivity contribution in [2.75, 3.05) is 11.9 Å². The Morgan fingerprint density at radius 1 is 1.25 bits per heavy atom. The Morgan fingerprint density at radius 2 is 2.08 bits per heavy atom. The van der Waals surface area contributed by atoms with Crippen LogP contribution >= 0.6 is 22.9 Å². The van der Waals surface area contributed by atoms with Gasteiger partial charge in [0.2, 0.25) is 0 Å².